The summed E-state index contributed by atoms with van der Waals surface area (Å²) < 4.78 is 31.0. The van der Waals surface area contributed by atoms with Gasteiger partial charge in [0.1, 0.15) is 18.0 Å². The molecule has 1 N–H and O–H groups in total. The van der Waals surface area contributed by atoms with Gasteiger partial charge in [0.05, 0.1) is 0 Å². The maximum Gasteiger partial charge on any atom is 0.331 e. The molecule has 1 saturated heterocycles. The summed E-state index contributed by atoms with van der Waals surface area (Å²) in [6.45, 7) is 1.81. The van der Waals surface area contributed by atoms with E-state index in [0.717, 1.165) is 30.6 Å². The zero-order chi connectivity index (χ0) is 22.7. The number of hydrogen-bond donors (Lipinski definition) is 1. The van der Waals surface area contributed by atoms with Gasteiger partial charge in [-0.2, -0.15) is 0 Å². The van der Waals surface area contributed by atoms with Crippen LogP contribution in [0.5, 0.6) is 11.5 Å². The normalized spacial score (nSPS) is 27.3. The molecule has 0 amide bonds. The molecule has 6 nitrogen and oxygen atoms in total. The van der Waals surface area contributed by atoms with Gasteiger partial charge in [0.15, 0.2) is 11.5 Å². The van der Waals surface area contributed by atoms with E-state index in [0.29, 0.717) is 11.5 Å². The number of ether oxygens (including phenoxy) is 3. The van der Waals surface area contributed by atoms with Crippen molar-refractivity contribution < 1.29 is 28.5 Å². The van der Waals surface area contributed by atoms with Crippen molar-refractivity contribution in [3.05, 3.63) is 75.6 Å². The van der Waals surface area contributed by atoms with Crippen molar-refractivity contribution in [2.45, 2.75) is 37.1 Å². The molecule has 1 fully saturated rings. The lowest BCUT2D eigenvalue weighted by molar-refractivity contribution is -0.150. The van der Waals surface area contributed by atoms with E-state index in [4.69, 9.17) is 25.8 Å². The van der Waals surface area contributed by atoms with E-state index in [1.54, 1.807) is 6.07 Å². The lowest BCUT2D eigenvalue weighted by Gasteiger charge is -2.45. The number of rotatable bonds is 3. The molecular formula is C25H21ClFNO5. The fourth-order valence-corrected chi connectivity index (χ4v) is 5.60. The second-order valence-electron chi connectivity index (χ2n) is 8.73. The second kappa shape index (κ2) is 7.87. The molecule has 170 valence electrons. The Morgan fingerprint density at radius 2 is 2.06 bits per heavy atom. The summed E-state index contributed by atoms with van der Waals surface area (Å²) in [6, 6.07) is 8.21. The number of hydrogen-bond acceptors (Lipinski definition) is 6. The number of aliphatic hydroxyl groups excluding tert-OH is 1. The van der Waals surface area contributed by atoms with Crippen LogP contribution in [0.15, 0.2) is 48.1 Å². The highest BCUT2D eigenvalue weighted by Gasteiger charge is 2.50. The molecule has 0 bridgehead atoms. The van der Waals surface area contributed by atoms with Crippen LogP contribution in [0.2, 0.25) is 5.02 Å². The van der Waals surface area contributed by atoms with Crippen LogP contribution in [0.4, 0.5) is 4.39 Å². The highest BCUT2D eigenvalue weighted by atomic mass is 35.5. The topological polar surface area (TPSA) is 68.2 Å². The van der Waals surface area contributed by atoms with E-state index in [-0.39, 0.29) is 29.3 Å². The van der Waals surface area contributed by atoms with Gasteiger partial charge in [0.25, 0.3) is 0 Å². The van der Waals surface area contributed by atoms with Crippen molar-refractivity contribution in [1.29, 1.82) is 0 Å². The Balaban J connectivity index is 1.32. The molecule has 0 saturated carbocycles. The Labute approximate surface area is 194 Å². The lowest BCUT2D eigenvalue weighted by atomic mass is 9.73. The molecule has 3 heterocycles. The van der Waals surface area contributed by atoms with E-state index in [9.17, 15) is 14.3 Å². The summed E-state index contributed by atoms with van der Waals surface area (Å²) in [7, 11) is 0. The highest BCUT2D eigenvalue weighted by Crippen LogP contribution is 2.50. The molecule has 3 unspecified atom stereocenters. The minimum absolute atomic E-state index is 0.0526. The number of carbonyl (C=O) groups excluding carboxylic acids is 1. The number of carbonyl (C=O) groups is 1. The molecule has 0 aromatic heterocycles. The van der Waals surface area contributed by atoms with Crippen LogP contribution in [0.25, 0.3) is 6.08 Å². The third-order valence-corrected chi connectivity index (χ3v) is 7.09. The standard InChI is InChI=1S/C25H21ClFNO5/c26-16-3-1-13(18(27)9-16)2-4-22(30)33-25-19(29)7-14-5-6-28-11-15-8-20-21(32-12-31-20)10-17(15)23(25)24(14)28/h1-4,7-10,19,23-25,29H,5-6,11-12H2/b4-2+/t19?,23?,24?,25-/m1/s1. The van der Waals surface area contributed by atoms with Gasteiger partial charge in [0, 0.05) is 41.7 Å². The number of halogens is 2. The first-order valence-corrected chi connectivity index (χ1v) is 11.2. The van der Waals surface area contributed by atoms with Crippen LogP contribution < -0.4 is 9.47 Å². The van der Waals surface area contributed by atoms with E-state index >= 15 is 0 Å². The second-order valence-corrected chi connectivity index (χ2v) is 9.16. The van der Waals surface area contributed by atoms with Crippen molar-refractivity contribution in [3.8, 4) is 11.5 Å². The molecule has 2 aromatic rings. The average molecular weight is 470 g/mol. The Kier molecular flexibility index (Phi) is 4.94. The quantitative estimate of drug-likeness (QED) is 0.419. The highest BCUT2D eigenvalue weighted by molar-refractivity contribution is 6.30. The number of nitrogens with zero attached hydrogens (tertiary/aromatic N) is 1. The number of aliphatic hydroxyl groups is 1. The lowest BCUT2D eigenvalue weighted by Crippen LogP contribution is -2.51. The van der Waals surface area contributed by atoms with Gasteiger partial charge in [-0.1, -0.05) is 29.3 Å². The molecule has 3 aliphatic heterocycles. The molecule has 1 aliphatic carbocycles. The number of benzene rings is 2. The summed E-state index contributed by atoms with van der Waals surface area (Å²) in [5, 5.41) is 11.2. The van der Waals surface area contributed by atoms with Crippen LogP contribution in [0.3, 0.4) is 0 Å². The van der Waals surface area contributed by atoms with E-state index in [2.05, 4.69) is 4.90 Å². The minimum atomic E-state index is -0.942. The van der Waals surface area contributed by atoms with Gasteiger partial charge in [-0.25, -0.2) is 9.18 Å². The first kappa shape index (κ1) is 20.7. The van der Waals surface area contributed by atoms with Gasteiger partial charge in [-0.3, -0.25) is 4.90 Å². The SMILES string of the molecule is O=C(/C=C/c1ccc(Cl)cc1F)O[C@@H]1C(O)C=C2CCN3Cc4cc5c(cc4C1C23)OCO5. The van der Waals surface area contributed by atoms with Gasteiger partial charge in [0.2, 0.25) is 6.79 Å². The molecule has 6 rings (SSSR count). The molecule has 0 radical (unpaired) electrons. The van der Waals surface area contributed by atoms with Crippen molar-refractivity contribution >= 4 is 23.6 Å². The molecule has 0 spiro atoms. The molecule has 2 aromatic carbocycles. The van der Waals surface area contributed by atoms with Crippen LogP contribution in [-0.2, 0) is 16.1 Å². The van der Waals surface area contributed by atoms with Gasteiger partial charge in [-0.05, 0) is 47.9 Å². The summed E-state index contributed by atoms with van der Waals surface area (Å²) in [4.78, 5) is 15.1. The molecular weight excluding hydrogens is 449 g/mol. The first-order valence-electron chi connectivity index (χ1n) is 10.9. The predicted octanol–water partition coefficient (Wildman–Crippen LogP) is 3.81. The Morgan fingerprint density at radius 3 is 2.88 bits per heavy atom. The zero-order valence-electron chi connectivity index (χ0n) is 17.5. The van der Waals surface area contributed by atoms with Crippen molar-refractivity contribution in [2.75, 3.05) is 13.3 Å². The molecule has 4 atom stereocenters. The van der Waals surface area contributed by atoms with Crippen molar-refractivity contribution in [1.82, 2.24) is 4.90 Å². The van der Waals surface area contributed by atoms with Crippen LogP contribution in [0.1, 0.15) is 29.0 Å². The third kappa shape index (κ3) is 3.51. The predicted molar refractivity (Wildman–Crippen MR) is 119 cm³/mol. The minimum Gasteiger partial charge on any atom is -0.455 e. The number of esters is 1. The number of fused-ring (bicyclic) bond motifs is 3. The van der Waals surface area contributed by atoms with Crippen molar-refractivity contribution in [3.63, 3.8) is 0 Å². The molecule has 33 heavy (non-hydrogen) atoms. The van der Waals surface area contributed by atoms with Gasteiger partial charge < -0.3 is 19.3 Å². The van der Waals surface area contributed by atoms with Crippen LogP contribution in [-0.4, -0.2) is 47.6 Å². The maximum absolute atomic E-state index is 14.0. The maximum atomic E-state index is 14.0. The van der Waals surface area contributed by atoms with E-state index in [1.807, 2.05) is 18.2 Å². The Morgan fingerprint density at radius 1 is 1.24 bits per heavy atom. The fraction of sp³-hybridized carbons (Fsp3) is 0.320. The molecule has 4 aliphatic rings. The summed E-state index contributed by atoms with van der Waals surface area (Å²) in [5.41, 5.74) is 3.47. The summed E-state index contributed by atoms with van der Waals surface area (Å²) >= 11 is 5.78. The largest absolute Gasteiger partial charge is 0.455 e. The summed E-state index contributed by atoms with van der Waals surface area (Å²) in [6.07, 6.45) is 3.48. The van der Waals surface area contributed by atoms with Crippen LogP contribution >= 0.6 is 11.6 Å². The first-order chi connectivity index (χ1) is 16.0. The third-order valence-electron chi connectivity index (χ3n) is 6.86. The average Bonchev–Trinajstić information content (AvgIpc) is 3.40. The molecule has 8 heteroatoms. The Hall–Kier alpha value is -2.87. The summed E-state index contributed by atoms with van der Waals surface area (Å²) in [5.74, 6) is -0.0577. The van der Waals surface area contributed by atoms with Crippen LogP contribution in [0, 0.1) is 5.82 Å². The van der Waals surface area contributed by atoms with E-state index in [1.165, 1.54) is 29.9 Å². The monoisotopic (exact) mass is 469 g/mol. The van der Waals surface area contributed by atoms with Crippen molar-refractivity contribution in [2.24, 2.45) is 0 Å². The zero-order valence-corrected chi connectivity index (χ0v) is 18.3. The van der Waals surface area contributed by atoms with E-state index < -0.39 is 24.0 Å². The smallest absolute Gasteiger partial charge is 0.331 e. The van der Waals surface area contributed by atoms with Gasteiger partial charge >= 0.3 is 5.97 Å². The fourth-order valence-electron chi connectivity index (χ4n) is 5.44. The van der Waals surface area contributed by atoms with Gasteiger partial charge in [-0.15, -0.1) is 0 Å². The Bertz CT molecular complexity index is 1210.